The van der Waals surface area contributed by atoms with E-state index in [1.165, 1.54) is 23.5 Å². The average molecular weight is 477 g/mol. The summed E-state index contributed by atoms with van der Waals surface area (Å²) in [5.41, 5.74) is 0.111. The topological polar surface area (TPSA) is 95.8 Å². The number of nitrogens with zero attached hydrogens (tertiary/aromatic N) is 3. The first kappa shape index (κ1) is 21.8. The zero-order chi connectivity index (χ0) is 20.2. The third kappa shape index (κ3) is 5.98. The van der Waals surface area contributed by atoms with Crippen molar-refractivity contribution in [2.45, 2.75) is 11.4 Å². The Morgan fingerprint density at radius 1 is 1.22 bits per heavy atom. The molecule has 0 radical (unpaired) electrons. The highest BCUT2D eigenvalue weighted by molar-refractivity contribution is 9.11. The van der Waals surface area contributed by atoms with Crippen molar-refractivity contribution >= 4 is 48.7 Å². The van der Waals surface area contributed by atoms with E-state index >= 15 is 0 Å². The van der Waals surface area contributed by atoms with Crippen molar-refractivity contribution in [3.05, 3.63) is 49.1 Å². The van der Waals surface area contributed by atoms with Crippen LogP contribution in [0, 0.1) is 10.1 Å². The van der Waals surface area contributed by atoms with Crippen LogP contribution in [-0.2, 0) is 16.6 Å². The van der Waals surface area contributed by atoms with Crippen LogP contribution in [0.15, 0.2) is 39.0 Å². The van der Waals surface area contributed by atoms with E-state index < -0.39 is 14.9 Å². The highest BCUT2D eigenvalue weighted by atomic mass is 79.9. The molecule has 11 heteroatoms. The highest BCUT2D eigenvalue weighted by Crippen LogP contribution is 2.32. The number of benzene rings is 1. The Labute approximate surface area is 171 Å². The first-order valence-electron chi connectivity index (χ1n) is 7.98. The van der Waals surface area contributed by atoms with Gasteiger partial charge in [-0.1, -0.05) is 0 Å². The minimum absolute atomic E-state index is 0.121. The summed E-state index contributed by atoms with van der Waals surface area (Å²) >= 11 is 4.93. The molecule has 27 heavy (non-hydrogen) atoms. The van der Waals surface area contributed by atoms with Gasteiger partial charge in [-0.05, 0) is 54.3 Å². The second-order valence-electron chi connectivity index (χ2n) is 6.17. The first-order chi connectivity index (χ1) is 12.6. The summed E-state index contributed by atoms with van der Waals surface area (Å²) in [5, 5.41) is 11.5. The SMILES string of the molecule is CN(C)CCNS(=O)(=O)c1ccc(N(C)Cc2ccc(Br)s2)c([N+](=O)[O-])c1. The Morgan fingerprint density at radius 3 is 2.48 bits per heavy atom. The summed E-state index contributed by atoms with van der Waals surface area (Å²) in [7, 11) is 1.58. The maximum atomic E-state index is 12.4. The Bertz CT molecular complexity index is 915. The molecule has 0 saturated heterocycles. The quantitative estimate of drug-likeness (QED) is 0.441. The van der Waals surface area contributed by atoms with E-state index in [2.05, 4.69) is 20.7 Å². The summed E-state index contributed by atoms with van der Waals surface area (Å²) in [5.74, 6) is 0. The number of anilines is 1. The Morgan fingerprint density at radius 2 is 1.93 bits per heavy atom. The van der Waals surface area contributed by atoms with Crippen LogP contribution in [0.2, 0.25) is 0 Å². The fraction of sp³-hybridized carbons (Fsp3) is 0.375. The number of rotatable bonds is 9. The van der Waals surface area contributed by atoms with E-state index in [9.17, 15) is 18.5 Å². The lowest BCUT2D eigenvalue weighted by atomic mass is 10.2. The lowest BCUT2D eigenvalue weighted by Crippen LogP contribution is -2.31. The molecule has 0 amide bonds. The van der Waals surface area contributed by atoms with Crippen LogP contribution in [0.1, 0.15) is 4.88 Å². The Hall–Kier alpha value is -1.53. The standard InChI is InChI=1S/C16H21BrN4O4S2/c1-19(2)9-8-18-27(24,25)13-5-6-14(15(10-13)21(22)23)20(3)11-12-4-7-16(17)26-12/h4-7,10,18H,8-9,11H2,1-3H3. The third-order valence-corrected chi connectivity index (χ3v) is 6.81. The van der Waals surface area contributed by atoms with E-state index in [0.717, 1.165) is 14.7 Å². The van der Waals surface area contributed by atoms with Gasteiger partial charge in [-0.15, -0.1) is 11.3 Å². The second-order valence-corrected chi connectivity index (χ2v) is 10.5. The molecule has 0 saturated carbocycles. The molecule has 0 spiro atoms. The molecular formula is C16H21BrN4O4S2. The second kappa shape index (κ2) is 9.11. The first-order valence-corrected chi connectivity index (χ1v) is 11.1. The molecule has 0 atom stereocenters. The monoisotopic (exact) mass is 476 g/mol. The summed E-state index contributed by atoms with van der Waals surface area (Å²) in [6.45, 7) is 1.22. The number of sulfonamides is 1. The highest BCUT2D eigenvalue weighted by Gasteiger charge is 2.23. The van der Waals surface area contributed by atoms with Crippen LogP contribution in [0.5, 0.6) is 0 Å². The van der Waals surface area contributed by atoms with Gasteiger partial charge >= 0.3 is 0 Å². The number of halogens is 1. The molecule has 1 aromatic heterocycles. The van der Waals surface area contributed by atoms with E-state index in [0.29, 0.717) is 18.8 Å². The van der Waals surface area contributed by atoms with Crippen molar-refractivity contribution in [2.75, 3.05) is 39.1 Å². The molecular weight excluding hydrogens is 456 g/mol. The lowest BCUT2D eigenvalue weighted by molar-refractivity contribution is -0.384. The molecule has 8 nitrogen and oxygen atoms in total. The van der Waals surface area contributed by atoms with Crippen molar-refractivity contribution < 1.29 is 13.3 Å². The number of thiophene rings is 1. The number of nitro benzene ring substituents is 1. The van der Waals surface area contributed by atoms with Crippen molar-refractivity contribution in [2.24, 2.45) is 0 Å². The van der Waals surface area contributed by atoms with E-state index in [1.54, 1.807) is 11.9 Å². The molecule has 0 aliphatic heterocycles. The number of hydrogen-bond acceptors (Lipinski definition) is 7. The van der Waals surface area contributed by atoms with Gasteiger partial charge in [0.25, 0.3) is 5.69 Å². The predicted octanol–water partition coefficient (Wildman–Crippen LogP) is 2.90. The number of nitro groups is 1. The predicted molar refractivity (Wildman–Crippen MR) is 111 cm³/mol. The van der Waals surface area contributed by atoms with E-state index in [1.807, 2.05) is 31.1 Å². The van der Waals surface area contributed by atoms with Crippen LogP contribution in [-0.4, -0.2) is 52.5 Å². The molecule has 1 heterocycles. The molecule has 1 N–H and O–H groups in total. The van der Waals surface area contributed by atoms with Crippen LogP contribution >= 0.6 is 27.3 Å². The van der Waals surface area contributed by atoms with Gasteiger partial charge in [-0.2, -0.15) is 0 Å². The molecule has 0 aliphatic carbocycles. The maximum Gasteiger partial charge on any atom is 0.293 e. The van der Waals surface area contributed by atoms with Crippen LogP contribution < -0.4 is 9.62 Å². The van der Waals surface area contributed by atoms with Crippen molar-refractivity contribution in [3.8, 4) is 0 Å². The maximum absolute atomic E-state index is 12.4. The third-order valence-electron chi connectivity index (χ3n) is 3.74. The van der Waals surface area contributed by atoms with Gasteiger partial charge in [0, 0.05) is 31.1 Å². The molecule has 0 unspecified atom stereocenters. The largest absolute Gasteiger partial charge is 0.364 e. The summed E-state index contributed by atoms with van der Waals surface area (Å²) in [4.78, 5) is 15.4. The van der Waals surface area contributed by atoms with Crippen LogP contribution in [0.3, 0.4) is 0 Å². The fourth-order valence-electron chi connectivity index (χ4n) is 2.38. The molecule has 2 aromatic rings. The lowest BCUT2D eigenvalue weighted by Gasteiger charge is -2.19. The number of hydrogen-bond donors (Lipinski definition) is 1. The van der Waals surface area contributed by atoms with Crippen molar-refractivity contribution in [3.63, 3.8) is 0 Å². The minimum atomic E-state index is -3.81. The number of nitrogens with one attached hydrogen (secondary N) is 1. The van der Waals surface area contributed by atoms with Crippen molar-refractivity contribution in [1.82, 2.24) is 9.62 Å². The smallest absolute Gasteiger partial charge is 0.293 e. The normalized spacial score (nSPS) is 11.7. The molecule has 0 aliphatic rings. The van der Waals surface area contributed by atoms with Gasteiger partial charge in [-0.3, -0.25) is 10.1 Å². The summed E-state index contributed by atoms with van der Waals surface area (Å²) in [6.07, 6.45) is 0. The van der Waals surface area contributed by atoms with Crippen LogP contribution in [0.25, 0.3) is 0 Å². The Balaban J connectivity index is 2.26. The molecule has 1 aromatic carbocycles. The van der Waals surface area contributed by atoms with Crippen LogP contribution in [0.4, 0.5) is 11.4 Å². The zero-order valence-corrected chi connectivity index (χ0v) is 18.4. The molecule has 148 valence electrons. The van der Waals surface area contributed by atoms with Gasteiger partial charge in [0.15, 0.2) is 0 Å². The van der Waals surface area contributed by atoms with Crippen molar-refractivity contribution in [1.29, 1.82) is 0 Å². The average Bonchev–Trinajstić information content (AvgIpc) is 2.98. The zero-order valence-electron chi connectivity index (χ0n) is 15.2. The van der Waals surface area contributed by atoms with E-state index in [-0.39, 0.29) is 17.1 Å². The van der Waals surface area contributed by atoms with Gasteiger partial charge < -0.3 is 9.80 Å². The Kier molecular flexibility index (Phi) is 7.34. The van der Waals surface area contributed by atoms with Gasteiger partial charge in [0.2, 0.25) is 10.0 Å². The molecule has 0 fully saturated rings. The summed E-state index contributed by atoms with van der Waals surface area (Å²) < 4.78 is 28.2. The van der Waals surface area contributed by atoms with Gasteiger partial charge in [0.1, 0.15) is 5.69 Å². The fourth-order valence-corrected chi connectivity index (χ4v) is 4.96. The van der Waals surface area contributed by atoms with Gasteiger partial charge in [-0.25, -0.2) is 13.1 Å². The number of likely N-dealkylation sites (N-methyl/N-ethyl adjacent to an activating group) is 1. The minimum Gasteiger partial charge on any atom is -0.364 e. The summed E-state index contributed by atoms with van der Waals surface area (Å²) in [6, 6.07) is 7.82. The van der Waals surface area contributed by atoms with E-state index in [4.69, 9.17) is 0 Å². The molecule has 2 rings (SSSR count). The molecule has 0 bridgehead atoms. The van der Waals surface area contributed by atoms with Gasteiger partial charge in [0.05, 0.1) is 20.1 Å².